The summed E-state index contributed by atoms with van der Waals surface area (Å²) in [5.74, 6) is 0.424. The minimum absolute atomic E-state index is 0.186. The van der Waals surface area contributed by atoms with E-state index < -0.39 is 0 Å². The average molecular weight is 281 g/mol. The Kier molecular flexibility index (Phi) is 5.78. The van der Waals surface area contributed by atoms with Crippen LogP contribution in [0.15, 0.2) is 11.6 Å². The SMILES string of the molecule is COC(=O)C(C)=CCN1CCC(C(C)(C)C)CCC1=O. The Hall–Kier alpha value is -1.32. The molecule has 0 aromatic carbocycles. The first-order valence-corrected chi connectivity index (χ1v) is 7.28. The van der Waals surface area contributed by atoms with E-state index in [4.69, 9.17) is 0 Å². The molecule has 0 radical (unpaired) electrons. The predicted octanol–water partition coefficient (Wildman–Crippen LogP) is 2.78. The summed E-state index contributed by atoms with van der Waals surface area (Å²) >= 11 is 0. The molecule has 1 saturated heterocycles. The van der Waals surface area contributed by atoms with Gasteiger partial charge in [0, 0.05) is 25.1 Å². The van der Waals surface area contributed by atoms with Gasteiger partial charge in [0.1, 0.15) is 0 Å². The van der Waals surface area contributed by atoms with Crippen molar-refractivity contribution in [1.29, 1.82) is 0 Å². The molecule has 1 fully saturated rings. The van der Waals surface area contributed by atoms with Gasteiger partial charge < -0.3 is 9.64 Å². The highest BCUT2D eigenvalue weighted by atomic mass is 16.5. The molecule has 1 aliphatic heterocycles. The van der Waals surface area contributed by atoms with Gasteiger partial charge in [-0.3, -0.25) is 4.79 Å². The van der Waals surface area contributed by atoms with Crippen molar-refractivity contribution in [2.75, 3.05) is 20.2 Å². The normalized spacial score (nSPS) is 21.6. The summed E-state index contributed by atoms with van der Waals surface area (Å²) in [6.45, 7) is 9.69. The summed E-state index contributed by atoms with van der Waals surface area (Å²) < 4.78 is 4.65. The molecule has 0 aliphatic carbocycles. The van der Waals surface area contributed by atoms with Crippen LogP contribution < -0.4 is 0 Å². The highest BCUT2D eigenvalue weighted by Gasteiger charge is 2.29. The molecule has 20 heavy (non-hydrogen) atoms. The minimum atomic E-state index is -0.333. The van der Waals surface area contributed by atoms with E-state index in [1.165, 1.54) is 7.11 Å². The van der Waals surface area contributed by atoms with Gasteiger partial charge in [-0.25, -0.2) is 4.79 Å². The van der Waals surface area contributed by atoms with Gasteiger partial charge in [-0.05, 0) is 31.1 Å². The van der Waals surface area contributed by atoms with Gasteiger partial charge in [0.25, 0.3) is 0 Å². The summed E-state index contributed by atoms with van der Waals surface area (Å²) in [6.07, 6.45) is 4.37. The fourth-order valence-electron chi connectivity index (χ4n) is 2.59. The zero-order valence-corrected chi connectivity index (χ0v) is 13.4. The number of esters is 1. The van der Waals surface area contributed by atoms with Crippen LogP contribution in [0.3, 0.4) is 0 Å². The molecule has 1 heterocycles. The van der Waals surface area contributed by atoms with Crippen LogP contribution in [0.1, 0.15) is 47.0 Å². The Morgan fingerprint density at radius 2 is 2.05 bits per heavy atom. The third-order valence-electron chi connectivity index (χ3n) is 4.16. The third kappa shape index (κ3) is 4.66. The number of hydrogen-bond donors (Lipinski definition) is 0. The Morgan fingerprint density at radius 3 is 2.60 bits per heavy atom. The van der Waals surface area contributed by atoms with Crippen LogP contribution in [0, 0.1) is 11.3 Å². The van der Waals surface area contributed by atoms with E-state index in [1.807, 2.05) is 4.90 Å². The van der Waals surface area contributed by atoms with Crippen LogP contribution in [0.2, 0.25) is 0 Å². The molecule has 1 unspecified atom stereocenters. The van der Waals surface area contributed by atoms with E-state index in [9.17, 15) is 9.59 Å². The van der Waals surface area contributed by atoms with Crippen molar-refractivity contribution in [1.82, 2.24) is 4.90 Å². The van der Waals surface area contributed by atoms with Crippen LogP contribution in [0.25, 0.3) is 0 Å². The van der Waals surface area contributed by atoms with Crippen LogP contribution in [0.4, 0.5) is 0 Å². The quantitative estimate of drug-likeness (QED) is 0.590. The third-order valence-corrected chi connectivity index (χ3v) is 4.16. The number of ether oxygens (including phenoxy) is 1. The molecular weight excluding hydrogens is 254 g/mol. The first kappa shape index (κ1) is 16.7. The monoisotopic (exact) mass is 281 g/mol. The van der Waals surface area contributed by atoms with E-state index in [2.05, 4.69) is 25.5 Å². The largest absolute Gasteiger partial charge is 0.466 e. The molecular formula is C16H27NO3. The molecule has 0 spiro atoms. The summed E-state index contributed by atoms with van der Waals surface area (Å²) in [6, 6.07) is 0. The summed E-state index contributed by atoms with van der Waals surface area (Å²) in [5.41, 5.74) is 0.797. The Balaban J connectivity index is 2.64. The topological polar surface area (TPSA) is 46.6 Å². The van der Waals surface area contributed by atoms with Crippen molar-refractivity contribution >= 4 is 11.9 Å². The highest BCUT2D eigenvalue weighted by molar-refractivity contribution is 5.87. The number of rotatable bonds is 3. The van der Waals surface area contributed by atoms with Crippen molar-refractivity contribution in [2.24, 2.45) is 11.3 Å². The maximum Gasteiger partial charge on any atom is 0.333 e. The van der Waals surface area contributed by atoms with Crippen molar-refractivity contribution in [3.8, 4) is 0 Å². The van der Waals surface area contributed by atoms with E-state index in [0.717, 1.165) is 19.4 Å². The molecule has 0 bridgehead atoms. The van der Waals surface area contributed by atoms with Gasteiger partial charge in [0.2, 0.25) is 5.91 Å². The highest BCUT2D eigenvalue weighted by Crippen LogP contribution is 2.34. The fourth-order valence-corrected chi connectivity index (χ4v) is 2.59. The Bertz CT molecular complexity index is 393. The van der Waals surface area contributed by atoms with E-state index in [-0.39, 0.29) is 17.3 Å². The molecule has 0 aromatic rings. The van der Waals surface area contributed by atoms with Gasteiger partial charge >= 0.3 is 5.97 Å². The van der Waals surface area contributed by atoms with Crippen LogP contribution in [-0.4, -0.2) is 37.0 Å². The standard InChI is InChI=1S/C16H27NO3/c1-12(15(19)20-5)8-10-17-11-9-13(16(2,3)4)6-7-14(17)18/h8,13H,6-7,9-11H2,1-5H3. The zero-order valence-electron chi connectivity index (χ0n) is 13.4. The molecule has 1 rings (SSSR count). The first-order valence-electron chi connectivity index (χ1n) is 7.28. The van der Waals surface area contributed by atoms with Crippen LogP contribution in [0.5, 0.6) is 0 Å². The van der Waals surface area contributed by atoms with E-state index in [0.29, 0.717) is 24.5 Å². The lowest BCUT2D eigenvalue weighted by molar-refractivity contribution is -0.136. The van der Waals surface area contributed by atoms with Crippen LogP contribution >= 0.6 is 0 Å². The first-order chi connectivity index (χ1) is 9.25. The predicted molar refractivity (Wildman–Crippen MR) is 79.1 cm³/mol. The number of carbonyl (C=O) groups excluding carboxylic acids is 2. The number of nitrogens with zero attached hydrogens (tertiary/aromatic N) is 1. The van der Waals surface area contributed by atoms with Gasteiger partial charge in [0.15, 0.2) is 0 Å². The average Bonchev–Trinajstić information content (AvgIpc) is 2.56. The smallest absolute Gasteiger partial charge is 0.333 e. The summed E-state index contributed by atoms with van der Waals surface area (Å²) in [7, 11) is 1.37. The molecule has 0 saturated carbocycles. The van der Waals surface area contributed by atoms with E-state index in [1.54, 1.807) is 13.0 Å². The molecule has 4 nitrogen and oxygen atoms in total. The second kappa shape index (κ2) is 6.91. The maximum atomic E-state index is 12.1. The number of hydrogen-bond acceptors (Lipinski definition) is 3. The fraction of sp³-hybridized carbons (Fsp3) is 0.750. The number of likely N-dealkylation sites (tertiary alicyclic amines) is 1. The molecule has 1 atom stereocenters. The minimum Gasteiger partial charge on any atom is -0.466 e. The number of amides is 1. The van der Waals surface area contributed by atoms with Crippen molar-refractivity contribution in [2.45, 2.75) is 47.0 Å². The lowest BCUT2D eigenvalue weighted by Gasteiger charge is -2.29. The second-order valence-corrected chi connectivity index (χ2v) is 6.61. The molecule has 0 N–H and O–H groups in total. The van der Waals surface area contributed by atoms with Gasteiger partial charge in [0.05, 0.1) is 7.11 Å². The summed E-state index contributed by atoms with van der Waals surface area (Å²) in [5, 5.41) is 0. The van der Waals surface area contributed by atoms with Crippen LogP contribution in [-0.2, 0) is 14.3 Å². The number of methoxy groups -OCH3 is 1. The molecule has 4 heteroatoms. The Labute approximate surface area is 122 Å². The lowest BCUT2D eigenvalue weighted by Crippen LogP contribution is -2.31. The Morgan fingerprint density at radius 1 is 1.40 bits per heavy atom. The van der Waals surface area contributed by atoms with Gasteiger partial charge in [-0.2, -0.15) is 0 Å². The van der Waals surface area contributed by atoms with Gasteiger partial charge in [-0.1, -0.05) is 26.8 Å². The van der Waals surface area contributed by atoms with Crippen molar-refractivity contribution < 1.29 is 14.3 Å². The molecule has 1 aliphatic rings. The molecule has 0 aromatic heterocycles. The van der Waals surface area contributed by atoms with Gasteiger partial charge in [-0.15, -0.1) is 0 Å². The van der Waals surface area contributed by atoms with E-state index >= 15 is 0 Å². The molecule has 1 amide bonds. The van der Waals surface area contributed by atoms with Crippen molar-refractivity contribution in [3.05, 3.63) is 11.6 Å². The molecule has 114 valence electrons. The number of carbonyl (C=O) groups is 2. The maximum absolute atomic E-state index is 12.1. The lowest BCUT2D eigenvalue weighted by atomic mass is 9.77. The van der Waals surface area contributed by atoms with Crippen molar-refractivity contribution in [3.63, 3.8) is 0 Å². The summed E-state index contributed by atoms with van der Waals surface area (Å²) in [4.78, 5) is 25.3. The second-order valence-electron chi connectivity index (χ2n) is 6.61. The zero-order chi connectivity index (χ0) is 15.3.